The van der Waals surface area contributed by atoms with E-state index in [0.29, 0.717) is 11.5 Å². The Morgan fingerprint density at radius 2 is 2.00 bits per heavy atom. The Labute approximate surface area is 146 Å². The monoisotopic (exact) mass is 336 g/mol. The molecule has 128 valence electrons. The highest BCUT2D eigenvalue weighted by atomic mass is 16.5. The normalized spacial score (nSPS) is 11.4. The van der Waals surface area contributed by atoms with Crippen molar-refractivity contribution >= 4 is 18.2 Å². The summed E-state index contributed by atoms with van der Waals surface area (Å²) in [4.78, 5) is 12.2. The van der Waals surface area contributed by atoms with E-state index in [1.54, 1.807) is 23.1 Å². The van der Waals surface area contributed by atoms with Gasteiger partial charge >= 0.3 is 0 Å². The van der Waals surface area contributed by atoms with Crippen molar-refractivity contribution < 1.29 is 9.32 Å². The molecule has 25 heavy (non-hydrogen) atoms. The van der Waals surface area contributed by atoms with Crippen molar-refractivity contribution in [1.82, 2.24) is 20.3 Å². The molecule has 2 aromatic heterocycles. The lowest BCUT2D eigenvalue weighted by Crippen LogP contribution is -2.31. The van der Waals surface area contributed by atoms with Crippen molar-refractivity contribution in [1.29, 1.82) is 0 Å². The summed E-state index contributed by atoms with van der Waals surface area (Å²) in [6.45, 7) is 5.69. The molecule has 0 saturated heterocycles. The van der Waals surface area contributed by atoms with Crippen LogP contribution in [0.1, 0.15) is 35.7 Å². The van der Waals surface area contributed by atoms with Gasteiger partial charge in [-0.05, 0) is 32.9 Å². The van der Waals surface area contributed by atoms with Gasteiger partial charge in [0.05, 0.1) is 6.20 Å². The van der Waals surface area contributed by atoms with Gasteiger partial charge in [0.15, 0.2) is 0 Å². The third kappa shape index (κ3) is 3.68. The highest BCUT2D eigenvalue weighted by Crippen LogP contribution is 2.26. The topological polar surface area (TPSA) is 73.0 Å². The van der Waals surface area contributed by atoms with Crippen LogP contribution in [0.25, 0.3) is 23.5 Å². The molecule has 3 aromatic rings. The van der Waals surface area contributed by atoms with Gasteiger partial charge in [-0.2, -0.15) is 5.10 Å². The number of aryl methyl sites for hydroxylation is 1. The van der Waals surface area contributed by atoms with Crippen molar-refractivity contribution in [3.05, 3.63) is 59.6 Å². The first-order chi connectivity index (χ1) is 12.1. The Bertz CT molecular complexity index is 891. The second-order valence-electron chi connectivity index (χ2n) is 5.97. The van der Waals surface area contributed by atoms with Gasteiger partial charge in [-0.25, -0.2) is 4.68 Å². The number of carbonyl (C=O) groups excluding carboxylic acids is 1. The van der Waals surface area contributed by atoms with E-state index in [-0.39, 0.29) is 11.9 Å². The van der Waals surface area contributed by atoms with E-state index in [1.807, 2.05) is 57.2 Å². The van der Waals surface area contributed by atoms with E-state index in [2.05, 4.69) is 15.6 Å². The summed E-state index contributed by atoms with van der Waals surface area (Å²) in [5.74, 6) is 0.540. The first-order valence-electron chi connectivity index (χ1n) is 8.10. The van der Waals surface area contributed by atoms with Crippen molar-refractivity contribution in [2.75, 3.05) is 0 Å². The molecule has 3 rings (SSSR count). The van der Waals surface area contributed by atoms with Crippen LogP contribution in [-0.2, 0) is 0 Å². The highest BCUT2D eigenvalue weighted by Gasteiger charge is 2.14. The molecule has 0 radical (unpaired) electrons. The number of rotatable bonds is 5. The number of amides is 1. The Hall–Kier alpha value is -3.15. The zero-order valence-electron chi connectivity index (χ0n) is 14.4. The van der Waals surface area contributed by atoms with Crippen LogP contribution in [0.3, 0.4) is 0 Å². The lowest BCUT2D eigenvalue weighted by Gasteiger charge is -2.08. The summed E-state index contributed by atoms with van der Waals surface area (Å²) in [5, 5.41) is 11.2. The van der Waals surface area contributed by atoms with E-state index < -0.39 is 0 Å². The SMILES string of the molecule is Cc1onc(-c2ccccc2)c1/C=C\n1nccc1C(=O)NC(C)C. The number of nitrogens with zero attached hydrogens (tertiary/aromatic N) is 3. The van der Waals surface area contributed by atoms with E-state index in [1.165, 1.54) is 0 Å². The summed E-state index contributed by atoms with van der Waals surface area (Å²) in [5.41, 5.74) is 3.06. The molecule has 2 heterocycles. The molecule has 0 aliphatic heterocycles. The second-order valence-corrected chi connectivity index (χ2v) is 5.97. The predicted octanol–water partition coefficient (Wildman–Crippen LogP) is 3.61. The third-order valence-corrected chi connectivity index (χ3v) is 3.66. The molecule has 0 saturated carbocycles. The molecular formula is C19H20N4O2. The van der Waals surface area contributed by atoms with Crippen LogP contribution in [0.15, 0.2) is 47.1 Å². The first kappa shape index (κ1) is 16.7. The van der Waals surface area contributed by atoms with Crippen molar-refractivity contribution in [2.24, 2.45) is 0 Å². The van der Waals surface area contributed by atoms with Crippen LogP contribution in [-0.4, -0.2) is 26.9 Å². The molecule has 1 amide bonds. The zero-order valence-corrected chi connectivity index (χ0v) is 14.4. The molecule has 0 spiro atoms. The molecule has 0 aliphatic rings. The molecular weight excluding hydrogens is 316 g/mol. The molecule has 1 N–H and O–H groups in total. The van der Waals surface area contributed by atoms with E-state index in [0.717, 1.165) is 16.8 Å². The molecule has 0 bridgehead atoms. The van der Waals surface area contributed by atoms with E-state index >= 15 is 0 Å². The number of carbonyl (C=O) groups is 1. The van der Waals surface area contributed by atoms with Crippen LogP contribution >= 0.6 is 0 Å². The Kier molecular flexibility index (Phi) is 4.79. The third-order valence-electron chi connectivity index (χ3n) is 3.66. The van der Waals surface area contributed by atoms with Gasteiger partial charge in [-0.3, -0.25) is 4.79 Å². The van der Waals surface area contributed by atoms with Crippen molar-refractivity contribution in [2.45, 2.75) is 26.8 Å². The highest BCUT2D eigenvalue weighted by molar-refractivity contribution is 5.93. The molecule has 0 unspecified atom stereocenters. The van der Waals surface area contributed by atoms with Gasteiger partial charge in [0, 0.05) is 23.4 Å². The Morgan fingerprint density at radius 1 is 1.24 bits per heavy atom. The van der Waals surface area contributed by atoms with Gasteiger partial charge in [0.25, 0.3) is 5.91 Å². The summed E-state index contributed by atoms with van der Waals surface area (Å²) in [6.07, 6.45) is 5.19. The van der Waals surface area contributed by atoms with Crippen molar-refractivity contribution in [3.8, 4) is 11.3 Å². The number of nitrogens with one attached hydrogen (secondary N) is 1. The van der Waals surface area contributed by atoms with Crippen LogP contribution in [0, 0.1) is 6.92 Å². The molecule has 6 nitrogen and oxygen atoms in total. The molecule has 1 aromatic carbocycles. The lowest BCUT2D eigenvalue weighted by molar-refractivity contribution is 0.0936. The van der Waals surface area contributed by atoms with Gasteiger partial charge in [-0.1, -0.05) is 35.5 Å². The summed E-state index contributed by atoms with van der Waals surface area (Å²) >= 11 is 0. The van der Waals surface area contributed by atoms with E-state index in [4.69, 9.17) is 4.52 Å². The molecule has 0 fully saturated rings. The van der Waals surface area contributed by atoms with Gasteiger partial charge in [0.1, 0.15) is 17.1 Å². The van der Waals surface area contributed by atoms with Gasteiger partial charge in [-0.15, -0.1) is 0 Å². The van der Waals surface area contributed by atoms with Gasteiger partial charge in [0.2, 0.25) is 0 Å². The summed E-state index contributed by atoms with van der Waals surface area (Å²) < 4.78 is 6.88. The van der Waals surface area contributed by atoms with Crippen LogP contribution < -0.4 is 5.32 Å². The van der Waals surface area contributed by atoms with Gasteiger partial charge < -0.3 is 9.84 Å². The number of hydrogen-bond donors (Lipinski definition) is 1. The van der Waals surface area contributed by atoms with Crippen LogP contribution in [0.5, 0.6) is 0 Å². The Morgan fingerprint density at radius 3 is 2.72 bits per heavy atom. The summed E-state index contributed by atoms with van der Waals surface area (Å²) in [7, 11) is 0. The maximum absolute atomic E-state index is 12.2. The largest absolute Gasteiger partial charge is 0.360 e. The fourth-order valence-corrected chi connectivity index (χ4v) is 2.47. The number of benzene rings is 1. The summed E-state index contributed by atoms with van der Waals surface area (Å²) in [6, 6.07) is 11.6. The fourth-order valence-electron chi connectivity index (χ4n) is 2.47. The maximum Gasteiger partial charge on any atom is 0.270 e. The number of hydrogen-bond acceptors (Lipinski definition) is 4. The second kappa shape index (κ2) is 7.17. The fraction of sp³-hybridized carbons (Fsp3) is 0.211. The van der Waals surface area contributed by atoms with Crippen molar-refractivity contribution in [3.63, 3.8) is 0 Å². The maximum atomic E-state index is 12.2. The molecule has 0 aliphatic carbocycles. The standard InChI is InChI=1S/C19H20N4O2/c1-13(2)21-19(24)17-9-11-20-23(17)12-10-16-14(3)25-22-18(16)15-7-5-4-6-8-15/h4-13H,1-3H3,(H,21,24)/b12-10-. The quantitative estimate of drug-likeness (QED) is 0.772. The molecule has 6 heteroatoms. The molecule has 0 atom stereocenters. The van der Waals surface area contributed by atoms with Crippen LogP contribution in [0.4, 0.5) is 0 Å². The number of aromatic nitrogens is 3. The average molecular weight is 336 g/mol. The smallest absolute Gasteiger partial charge is 0.270 e. The van der Waals surface area contributed by atoms with Crippen LogP contribution in [0.2, 0.25) is 0 Å². The minimum atomic E-state index is -0.164. The zero-order chi connectivity index (χ0) is 17.8. The average Bonchev–Trinajstić information content (AvgIpc) is 3.19. The minimum Gasteiger partial charge on any atom is -0.360 e. The Balaban J connectivity index is 1.91. The lowest BCUT2D eigenvalue weighted by atomic mass is 10.1. The minimum absolute atomic E-state index is 0.0600. The first-order valence-corrected chi connectivity index (χ1v) is 8.10. The van der Waals surface area contributed by atoms with E-state index in [9.17, 15) is 4.79 Å². The predicted molar refractivity (Wildman–Crippen MR) is 96.7 cm³/mol.